The summed E-state index contributed by atoms with van der Waals surface area (Å²) < 4.78 is 5.59. The first-order chi connectivity index (χ1) is 22.6. The largest absolute Gasteiger partial charge is 1.00 e. The average molecular weight is 679 g/mol. The van der Waals surface area contributed by atoms with Crippen LogP contribution in [0.15, 0.2) is 36.4 Å². The van der Waals surface area contributed by atoms with Crippen LogP contribution in [0.3, 0.4) is 0 Å². The molecule has 4 fully saturated rings. The summed E-state index contributed by atoms with van der Waals surface area (Å²) in [6, 6.07) is 12.0. The van der Waals surface area contributed by atoms with Gasteiger partial charge < -0.3 is 21.5 Å². The van der Waals surface area contributed by atoms with E-state index in [1.807, 2.05) is 36.4 Å². The number of ether oxygens (including phenoxy) is 1. The van der Waals surface area contributed by atoms with Gasteiger partial charge in [0.25, 0.3) is 0 Å². The number of aliphatic hydroxyl groups excluding tert-OH is 3. The Bertz CT molecular complexity index is 1020. The molecule has 4 aliphatic rings. The molecule has 0 aromatic heterocycles. The van der Waals surface area contributed by atoms with E-state index in [-0.39, 0.29) is 72.0 Å². The summed E-state index contributed by atoms with van der Waals surface area (Å²) in [6.45, 7) is 9.75. The van der Waals surface area contributed by atoms with Gasteiger partial charge in [-0.1, -0.05) is 122 Å². The Morgan fingerprint density at radius 3 is 2.00 bits per heavy atom. The number of carbonyl (C=O) groups excluding carboxylic acids is 1. The van der Waals surface area contributed by atoms with E-state index in [9.17, 15) is 20.1 Å². The quantitative estimate of drug-likeness (QED) is 0.110. The van der Waals surface area contributed by atoms with Crippen molar-refractivity contribution in [2.45, 2.75) is 168 Å². The van der Waals surface area contributed by atoms with Gasteiger partial charge in [-0.15, -0.1) is 0 Å². The van der Waals surface area contributed by atoms with E-state index >= 15 is 0 Å². The zero-order valence-electron chi connectivity index (χ0n) is 32.5. The summed E-state index contributed by atoms with van der Waals surface area (Å²) in [5, 5.41) is 33.6. The summed E-state index contributed by atoms with van der Waals surface area (Å²) in [5.41, 5.74) is -0.105. The third kappa shape index (κ3) is 10.6. The molecule has 11 atom stereocenters. The van der Waals surface area contributed by atoms with Crippen LogP contribution >= 0.6 is 0 Å². The Kier molecular flexibility index (Phi) is 18.0. The molecule has 6 heteroatoms. The second kappa shape index (κ2) is 20.6. The second-order valence-corrected chi connectivity index (χ2v) is 16.6. The molecule has 0 unspecified atom stereocenters. The van der Waals surface area contributed by atoms with Crippen molar-refractivity contribution in [2.24, 2.45) is 46.3 Å². The number of aliphatic hydroxyl groups is 3. The van der Waals surface area contributed by atoms with Crippen molar-refractivity contribution in [1.82, 2.24) is 0 Å². The van der Waals surface area contributed by atoms with Crippen LogP contribution in [0.5, 0.6) is 0 Å². The molecule has 4 aliphatic carbocycles. The molecule has 0 heterocycles. The molecule has 0 aliphatic heterocycles. The van der Waals surface area contributed by atoms with Gasteiger partial charge in [-0.3, -0.25) is 4.79 Å². The van der Waals surface area contributed by atoms with Crippen LogP contribution in [0.1, 0.15) is 151 Å². The molecule has 270 valence electrons. The third-order valence-corrected chi connectivity index (χ3v) is 13.8. The van der Waals surface area contributed by atoms with Crippen LogP contribution in [0, 0.1) is 46.3 Å². The second-order valence-electron chi connectivity index (χ2n) is 16.6. The van der Waals surface area contributed by atoms with E-state index in [0.29, 0.717) is 42.6 Å². The van der Waals surface area contributed by atoms with Crippen LogP contribution in [-0.2, 0) is 9.53 Å². The number of unbranched alkanes of at least 4 members (excludes halogenated alkanes) is 9. The summed E-state index contributed by atoms with van der Waals surface area (Å²) in [4.78, 5) is 12.6. The first-order valence-corrected chi connectivity index (χ1v) is 19.8. The molecule has 1 aromatic rings. The zero-order chi connectivity index (χ0) is 33.9. The van der Waals surface area contributed by atoms with Crippen molar-refractivity contribution in [3.63, 3.8) is 0 Å². The third-order valence-electron chi connectivity index (χ3n) is 13.8. The van der Waals surface area contributed by atoms with Crippen molar-refractivity contribution in [3.8, 4) is 0 Å². The number of fused-ring (bicyclic) bond motifs is 5. The minimum Gasteiger partial charge on any atom is -1.00 e. The molecule has 0 radical (unpaired) electrons. The van der Waals surface area contributed by atoms with Crippen LogP contribution in [0.4, 0.5) is 0 Å². The van der Waals surface area contributed by atoms with E-state index in [1.165, 1.54) is 51.4 Å². The Labute approximate surface area is 317 Å². The first-order valence-electron chi connectivity index (χ1n) is 19.8. The molecule has 1 aromatic carbocycles. The zero-order valence-corrected chi connectivity index (χ0v) is 33.5. The van der Waals surface area contributed by atoms with Gasteiger partial charge in [-0.05, 0) is 104 Å². The maximum atomic E-state index is 12.6. The summed E-state index contributed by atoms with van der Waals surface area (Å²) >= 11 is 0. The Balaban J connectivity index is 0.000000940. The van der Waals surface area contributed by atoms with Gasteiger partial charge in [-0.2, -0.15) is 0 Å². The summed E-state index contributed by atoms with van der Waals surface area (Å²) in [5.74, 6) is 1.87. The summed E-state index contributed by atoms with van der Waals surface area (Å²) in [6.07, 6.45) is 19.4. The van der Waals surface area contributed by atoms with E-state index in [4.69, 9.17) is 4.74 Å². The normalized spacial score (nSPS) is 35.9. The van der Waals surface area contributed by atoms with Crippen LogP contribution < -0.4 is 29.6 Å². The maximum Gasteiger partial charge on any atom is 1.00 e. The van der Waals surface area contributed by atoms with E-state index in [0.717, 1.165) is 64.2 Å². The first kappa shape index (κ1) is 42.0. The van der Waals surface area contributed by atoms with Gasteiger partial charge in [0, 0.05) is 6.42 Å². The summed E-state index contributed by atoms with van der Waals surface area (Å²) in [7, 11) is 0. The molecule has 0 bridgehead atoms. The molecule has 0 saturated heterocycles. The molecular formula is C42H71NaO5. The van der Waals surface area contributed by atoms with Crippen molar-refractivity contribution in [3.05, 3.63) is 36.4 Å². The van der Waals surface area contributed by atoms with E-state index < -0.39 is 0 Å². The molecule has 0 spiro atoms. The molecule has 48 heavy (non-hydrogen) atoms. The van der Waals surface area contributed by atoms with Crippen LogP contribution in [0.25, 0.3) is 0 Å². The van der Waals surface area contributed by atoms with Crippen molar-refractivity contribution in [1.29, 1.82) is 0 Å². The van der Waals surface area contributed by atoms with Crippen molar-refractivity contribution >= 4 is 5.97 Å². The molecule has 0 amide bonds. The van der Waals surface area contributed by atoms with Gasteiger partial charge in [0.05, 0.1) is 24.9 Å². The fourth-order valence-electron chi connectivity index (χ4n) is 10.9. The predicted molar refractivity (Wildman–Crippen MR) is 193 cm³/mol. The predicted octanol–water partition coefficient (Wildman–Crippen LogP) is 6.63. The molecule has 4 saturated carbocycles. The minimum atomic E-state index is -0.374. The van der Waals surface area contributed by atoms with Crippen LogP contribution in [0.2, 0.25) is 0 Å². The molecule has 3 N–H and O–H groups in total. The van der Waals surface area contributed by atoms with Gasteiger partial charge >= 0.3 is 35.5 Å². The number of esters is 1. The van der Waals surface area contributed by atoms with Crippen molar-refractivity contribution in [2.75, 3.05) is 6.61 Å². The number of hydrogen-bond donors (Lipinski definition) is 3. The minimum absolute atomic E-state index is 0. The Morgan fingerprint density at radius 1 is 0.812 bits per heavy atom. The standard InChI is InChI=1S/C36H64O5.C6H6.Na.H/c1-5-6-7-8-9-10-11-12-13-14-21-41-33(40)18-15-25(2)28-16-17-29-34-30(24-32(39)36(28,29)4)35(3)20-19-27(37)22-26(35)23-31(34)38;1-2-4-6-5-3-1;;/h25-32,34,37-39H,5-24H2,1-4H3;1-6H;;/q;;+1;-1/t25-,26+,27-,28-,29+,30+,31-,32+,34+,35+,36-;;;/m1.../s1. The maximum absolute atomic E-state index is 12.6. The number of benzene rings is 1. The fourth-order valence-corrected chi connectivity index (χ4v) is 10.9. The smallest absolute Gasteiger partial charge is 1.00 e. The van der Waals surface area contributed by atoms with Gasteiger partial charge in [-0.25, -0.2) is 0 Å². The monoisotopic (exact) mass is 679 g/mol. The molecule has 5 rings (SSSR count). The van der Waals surface area contributed by atoms with E-state index in [2.05, 4.69) is 27.7 Å². The fraction of sp³-hybridized carbons (Fsp3) is 0.833. The van der Waals surface area contributed by atoms with Gasteiger partial charge in [0.2, 0.25) is 0 Å². The average Bonchev–Trinajstić information content (AvgIpc) is 3.43. The number of rotatable bonds is 15. The van der Waals surface area contributed by atoms with E-state index in [1.54, 1.807) is 0 Å². The van der Waals surface area contributed by atoms with Gasteiger partial charge in [0.1, 0.15) is 0 Å². The Morgan fingerprint density at radius 2 is 1.40 bits per heavy atom. The van der Waals surface area contributed by atoms with Gasteiger partial charge in [0.15, 0.2) is 0 Å². The van der Waals surface area contributed by atoms with Crippen LogP contribution in [-0.4, -0.2) is 46.2 Å². The SMILES string of the molecule is CCCCCCCCCCCCOC(=O)CC[C@@H](C)[C@H]1CC[C@H]2[C@@H]3[C@H](O)C[C@@H]4C[C@H](O)CC[C@]4(C)[C@H]3C[C@H](O)[C@]12C.[H-].[Na+].c1ccccc1. The molecule has 5 nitrogen and oxygen atoms in total. The number of hydrogen-bond acceptors (Lipinski definition) is 5. The molecular weight excluding hydrogens is 607 g/mol. The Hall–Kier alpha value is -0.430. The topological polar surface area (TPSA) is 87.0 Å². The number of carbonyl (C=O) groups is 1. The van der Waals surface area contributed by atoms with Crippen molar-refractivity contribution < 1.29 is 55.8 Å².